The first-order chi connectivity index (χ1) is 13.3. The number of rotatable bonds is 8. The number of aryl methyl sites for hydroxylation is 1. The van der Waals surface area contributed by atoms with E-state index in [1.54, 1.807) is 25.1 Å². The van der Waals surface area contributed by atoms with Gasteiger partial charge in [-0.15, -0.1) is 0 Å². The highest BCUT2D eigenvalue weighted by molar-refractivity contribution is 6.31. The molecular weight excluding hydrogens is 380 g/mol. The van der Waals surface area contributed by atoms with Crippen LogP contribution < -0.4 is 15.4 Å². The Hall–Kier alpha value is -2.86. The quantitative estimate of drug-likeness (QED) is 0.659. The molecule has 0 aliphatic heterocycles. The lowest BCUT2D eigenvalue weighted by molar-refractivity contribution is -0.125. The smallest absolute Gasteiger partial charge is 0.258 e. The van der Waals surface area contributed by atoms with E-state index >= 15 is 0 Å². The normalized spacial score (nSPS) is 10.3. The maximum atomic E-state index is 12.0. The molecule has 0 saturated heterocycles. The van der Waals surface area contributed by atoms with Crippen LogP contribution in [0, 0.1) is 13.8 Å². The number of hydrogen-bond acceptors (Lipinski definition) is 4. The number of nitrogens with one attached hydrogen (secondary N) is 2. The summed E-state index contributed by atoms with van der Waals surface area (Å²) in [5.41, 5.74) is 3.08. The Balaban J connectivity index is 1.87. The third kappa shape index (κ3) is 5.82. The summed E-state index contributed by atoms with van der Waals surface area (Å²) in [5.74, 6) is -0.659. The van der Waals surface area contributed by atoms with Crippen LogP contribution in [0.4, 0.5) is 5.69 Å². The Labute approximate surface area is 169 Å². The van der Waals surface area contributed by atoms with Crippen LogP contribution in [-0.2, 0) is 9.59 Å². The van der Waals surface area contributed by atoms with E-state index in [-0.39, 0.29) is 30.6 Å². The number of hydrogen-bond donors (Lipinski definition) is 2. The number of anilines is 1. The third-order valence-corrected chi connectivity index (χ3v) is 4.48. The van der Waals surface area contributed by atoms with E-state index < -0.39 is 5.91 Å². The molecule has 0 radical (unpaired) electrons. The van der Waals surface area contributed by atoms with Gasteiger partial charge < -0.3 is 15.4 Å². The summed E-state index contributed by atoms with van der Waals surface area (Å²) < 4.78 is 5.44. The highest BCUT2D eigenvalue weighted by atomic mass is 35.5. The van der Waals surface area contributed by atoms with E-state index in [9.17, 15) is 14.4 Å². The van der Waals surface area contributed by atoms with Crippen LogP contribution in [0.3, 0.4) is 0 Å². The molecule has 2 aromatic rings. The number of benzene rings is 2. The topological polar surface area (TPSA) is 84.5 Å². The molecule has 2 rings (SSSR count). The number of carbonyl (C=O) groups excluding carboxylic acids is 3. The molecule has 6 nitrogen and oxygen atoms in total. The predicted molar refractivity (Wildman–Crippen MR) is 109 cm³/mol. The Kier molecular flexibility index (Phi) is 7.58. The first-order valence-electron chi connectivity index (χ1n) is 8.90. The minimum Gasteiger partial charge on any atom is -0.483 e. The zero-order valence-corrected chi connectivity index (χ0v) is 16.9. The van der Waals surface area contributed by atoms with Crippen LogP contribution in [0.25, 0.3) is 0 Å². The molecule has 0 aliphatic carbocycles. The van der Waals surface area contributed by atoms with Crippen LogP contribution >= 0.6 is 11.6 Å². The van der Waals surface area contributed by atoms with Crippen LogP contribution in [0.15, 0.2) is 36.4 Å². The maximum absolute atomic E-state index is 12.0. The zero-order valence-electron chi connectivity index (χ0n) is 16.1. The molecule has 0 aromatic heterocycles. The Morgan fingerprint density at radius 3 is 2.54 bits per heavy atom. The monoisotopic (exact) mass is 402 g/mol. The van der Waals surface area contributed by atoms with Crippen LogP contribution in [0.1, 0.15) is 34.8 Å². The van der Waals surface area contributed by atoms with Crippen molar-refractivity contribution < 1.29 is 19.1 Å². The molecule has 2 aromatic carbocycles. The molecule has 0 fully saturated rings. The minimum atomic E-state index is -0.471. The largest absolute Gasteiger partial charge is 0.483 e. The number of halogens is 1. The van der Waals surface area contributed by atoms with Gasteiger partial charge in [-0.25, -0.2) is 0 Å². The molecule has 0 spiro atoms. The summed E-state index contributed by atoms with van der Waals surface area (Å²) in [7, 11) is 0. The molecule has 0 saturated carbocycles. The summed E-state index contributed by atoms with van der Waals surface area (Å²) in [6.07, 6.45) is 0.293. The summed E-state index contributed by atoms with van der Waals surface area (Å²) in [6.45, 7) is 5.10. The first kappa shape index (κ1) is 21.4. The van der Waals surface area contributed by atoms with Gasteiger partial charge in [0.1, 0.15) is 5.75 Å². The first-order valence-corrected chi connectivity index (χ1v) is 9.28. The van der Waals surface area contributed by atoms with E-state index in [2.05, 4.69) is 10.6 Å². The number of Topliss-reactive ketones (excluding diaryl/α,β-unsaturated/α-hetero) is 1. The molecule has 0 atom stereocenters. The SMILES string of the molecule is CCC(=O)c1cc(Cl)ccc1OCC(=O)NCC(=O)Nc1cccc(C)c1C. The molecule has 0 heterocycles. The fourth-order valence-electron chi connectivity index (χ4n) is 2.49. The molecule has 28 heavy (non-hydrogen) atoms. The van der Waals surface area contributed by atoms with Crippen LogP contribution in [0.5, 0.6) is 5.75 Å². The highest BCUT2D eigenvalue weighted by Gasteiger charge is 2.14. The molecular formula is C21H23ClN2O4. The standard InChI is InChI=1S/C21H23ClN2O4/c1-4-18(25)16-10-15(22)8-9-19(16)28-12-21(27)23-11-20(26)24-17-7-5-6-13(2)14(17)3/h5-10H,4,11-12H2,1-3H3,(H,23,27)(H,24,26). The number of ketones is 1. The van der Waals surface area contributed by atoms with Crippen molar-refractivity contribution in [3.05, 3.63) is 58.1 Å². The Bertz CT molecular complexity index is 896. The van der Waals surface area contributed by atoms with Gasteiger partial charge in [0.2, 0.25) is 5.91 Å². The van der Waals surface area contributed by atoms with Gasteiger partial charge in [-0.2, -0.15) is 0 Å². The molecule has 148 valence electrons. The van der Waals surface area contributed by atoms with E-state index in [0.717, 1.165) is 11.1 Å². The number of ether oxygens (including phenoxy) is 1. The molecule has 0 unspecified atom stereocenters. The van der Waals surface area contributed by atoms with Gasteiger partial charge in [-0.1, -0.05) is 30.7 Å². The lowest BCUT2D eigenvalue weighted by atomic mass is 10.1. The van der Waals surface area contributed by atoms with Crippen LogP contribution in [0.2, 0.25) is 5.02 Å². The second-order valence-corrected chi connectivity index (χ2v) is 6.71. The van der Waals surface area contributed by atoms with E-state index in [0.29, 0.717) is 22.7 Å². The third-order valence-electron chi connectivity index (χ3n) is 4.25. The average molecular weight is 403 g/mol. The van der Waals surface area contributed by atoms with Gasteiger partial charge in [0.15, 0.2) is 12.4 Å². The van der Waals surface area contributed by atoms with Crippen molar-refractivity contribution >= 4 is 34.9 Å². The fraction of sp³-hybridized carbons (Fsp3) is 0.286. The van der Waals surface area contributed by atoms with E-state index in [4.69, 9.17) is 16.3 Å². The average Bonchev–Trinajstić information content (AvgIpc) is 2.68. The maximum Gasteiger partial charge on any atom is 0.258 e. The second kappa shape index (κ2) is 9.90. The molecule has 7 heteroatoms. The summed E-state index contributed by atoms with van der Waals surface area (Å²) in [6, 6.07) is 10.3. The highest BCUT2D eigenvalue weighted by Crippen LogP contribution is 2.24. The van der Waals surface area contributed by atoms with Crippen molar-refractivity contribution in [3.8, 4) is 5.75 Å². The van der Waals surface area contributed by atoms with E-state index in [1.807, 2.05) is 26.0 Å². The second-order valence-electron chi connectivity index (χ2n) is 6.28. The Morgan fingerprint density at radius 1 is 1.07 bits per heavy atom. The van der Waals surface area contributed by atoms with Gasteiger partial charge in [0.25, 0.3) is 5.91 Å². The predicted octanol–water partition coefficient (Wildman–Crippen LogP) is 3.68. The Morgan fingerprint density at radius 2 is 1.82 bits per heavy atom. The van der Waals surface area contributed by atoms with Gasteiger partial charge in [-0.3, -0.25) is 14.4 Å². The van der Waals surface area contributed by atoms with Crippen molar-refractivity contribution in [1.82, 2.24) is 5.32 Å². The van der Waals surface area contributed by atoms with Crippen molar-refractivity contribution in [2.24, 2.45) is 0 Å². The fourth-order valence-corrected chi connectivity index (χ4v) is 2.66. The van der Waals surface area contributed by atoms with Crippen LogP contribution in [-0.4, -0.2) is 30.7 Å². The molecule has 0 aliphatic rings. The zero-order chi connectivity index (χ0) is 20.7. The number of amides is 2. The summed E-state index contributed by atoms with van der Waals surface area (Å²) in [4.78, 5) is 36.0. The lowest BCUT2D eigenvalue weighted by Crippen LogP contribution is -2.36. The van der Waals surface area contributed by atoms with Crippen molar-refractivity contribution in [2.45, 2.75) is 27.2 Å². The molecule has 2 amide bonds. The van der Waals surface area contributed by atoms with Gasteiger partial charge in [-0.05, 0) is 49.2 Å². The van der Waals surface area contributed by atoms with Crippen molar-refractivity contribution in [3.63, 3.8) is 0 Å². The van der Waals surface area contributed by atoms with Gasteiger partial charge >= 0.3 is 0 Å². The molecule has 2 N–H and O–H groups in total. The summed E-state index contributed by atoms with van der Waals surface area (Å²) >= 11 is 5.92. The summed E-state index contributed by atoms with van der Waals surface area (Å²) in [5, 5.41) is 5.67. The van der Waals surface area contributed by atoms with Crippen molar-refractivity contribution in [1.29, 1.82) is 0 Å². The number of carbonyl (C=O) groups is 3. The van der Waals surface area contributed by atoms with E-state index in [1.165, 1.54) is 6.07 Å². The minimum absolute atomic E-state index is 0.134. The van der Waals surface area contributed by atoms with Crippen molar-refractivity contribution in [2.75, 3.05) is 18.5 Å². The molecule has 0 bridgehead atoms. The van der Waals surface area contributed by atoms with Gasteiger partial charge in [0.05, 0.1) is 12.1 Å². The van der Waals surface area contributed by atoms with Gasteiger partial charge in [0, 0.05) is 17.1 Å². The lowest BCUT2D eigenvalue weighted by Gasteiger charge is -2.12.